The van der Waals surface area contributed by atoms with Crippen molar-refractivity contribution in [2.75, 3.05) is 25.9 Å². The number of Topliss-reactive ketones (excluding diaryl/α,β-unsaturated/α-hetero) is 1. The van der Waals surface area contributed by atoms with Crippen molar-refractivity contribution in [2.24, 2.45) is 11.8 Å². The Morgan fingerprint density at radius 3 is 2.43 bits per heavy atom. The first-order valence-electron chi connectivity index (χ1n) is 18.5. The Labute approximate surface area is 305 Å². The SMILES string of the molecule is CS(=O)(=O)N[C@H](CCC1CCNCC1)C(=O)N1C[C@H](OCc2ccc(Cl)cc2)C[C@H]1C(=O)N[C@@H](CC1CCCCC1)C(=O)c1nc(C2CC2)no1. The Kier molecular flexibility index (Phi) is 12.8. The average molecular weight is 747 g/mol. The molecule has 2 amide bonds. The number of rotatable bonds is 16. The molecule has 0 bridgehead atoms. The summed E-state index contributed by atoms with van der Waals surface area (Å²) in [5, 5.41) is 11.0. The van der Waals surface area contributed by atoms with E-state index < -0.39 is 51.9 Å². The van der Waals surface area contributed by atoms with Crippen molar-refractivity contribution < 1.29 is 32.1 Å². The number of nitrogens with one attached hydrogen (secondary N) is 3. The number of hydrogen-bond donors (Lipinski definition) is 3. The summed E-state index contributed by atoms with van der Waals surface area (Å²) >= 11 is 6.06. The van der Waals surface area contributed by atoms with Gasteiger partial charge in [-0.1, -0.05) is 61.0 Å². The number of amides is 2. The van der Waals surface area contributed by atoms with Crippen molar-refractivity contribution in [3.63, 3.8) is 0 Å². The number of ether oxygens (including phenoxy) is 1. The van der Waals surface area contributed by atoms with E-state index in [1.165, 1.54) is 4.90 Å². The lowest BCUT2D eigenvalue weighted by Crippen LogP contribution is -2.55. The molecule has 2 aliphatic carbocycles. The van der Waals surface area contributed by atoms with Gasteiger partial charge in [0.1, 0.15) is 12.1 Å². The fraction of sp³-hybridized carbons (Fsp3) is 0.694. The normalized spacial score (nSPS) is 23.2. The van der Waals surface area contributed by atoms with Crippen LogP contribution in [0, 0.1) is 11.8 Å². The van der Waals surface area contributed by atoms with E-state index in [0.717, 1.165) is 82.7 Å². The van der Waals surface area contributed by atoms with Crippen LogP contribution in [0.1, 0.15) is 111 Å². The van der Waals surface area contributed by atoms with Crippen LogP contribution in [0.3, 0.4) is 0 Å². The monoisotopic (exact) mass is 746 g/mol. The predicted octanol–water partition coefficient (Wildman–Crippen LogP) is 4.12. The number of halogens is 1. The van der Waals surface area contributed by atoms with Crippen LogP contribution in [-0.2, 0) is 31.0 Å². The number of aromatic nitrogens is 2. The number of ketones is 1. The molecule has 0 spiro atoms. The Hall–Kier alpha value is -2.91. The third kappa shape index (κ3) is 10.8. The molecule has 1 aromatic heterocycles. The molecule has 0 radical (unpaired) electrons. The van der Waals surface area contributed by atoms with Gasteiger partial charge in [-0.05, 0) is 87.6 Å². The maximum Gasteiger partial charge on any atom is 0.296 e. The Balaban J connectivity index is 1.22. The van der Waals surface area contributed by atoms with E-state index in [-0.39, 0.29) is 37.3 Å². The van der Waals surface area contributed by atoms with Crippen LogP contribution in [0.25, 0.3) is 0 Å². The second-order valence-electron chi connectivity index (χ2n) is 14.9. The summed E-state index contributed by atoms with van der Waals surface area (Å²) in [5.74, 6) is -0.186. The molecule has 280 valence electrons. The lowest BCUT2D eigenvalue weighted by molar-refractivity contribution is -0.140. The summed E-state index contributed by atoms with van der Waals surface area (Å²) in [5.41, 5.74) is 0.882. The summed E-state index contributed by atoms with van der Waals surface area (Å²) in [4.78, 5) is 48.3. The third-order valence-electron chi connectivity index (χ3n) is 10.7. The number of sulfonamides is 1. The molecule has 2 saturated heterocycles. The van der Waals surface area contributed by atoms with Crippen LogP contribution in [0.15, 0.2) is 28.8 Å². The zero-order valence-electron chi connectivity index (χ0n) is 29.4. The van der Waals surface area contributed by atoms with Crippen molar-refractivity contribution in [1.82, 2.24) is 30.4 Å². The molecule has 4 aliphatic rings. The standard InChI is InChI=1S/C36H51ClN6O7S/c1-51(47,48)42-29(14-9-23-15-17-38-18-16-23)36(46)43-21-28(49-22-25-7-12-27(37)13-8-25)20-31(43)34(45)39-30(19-24-5-3-2-4-6-24)32(44)35-40-33(41-50-35)26-10-11-26/h7-8,12-13,23-24,26,28-31,38,42H,2-6,9-11,14-22H2,1H3,(H,39,45)/t28-,29-,30+,31+/m1/s1. The first-order chi connectivity index (χ1) is 24.5. The minimum Gasteiger partial charge on any atom is -0.372 e. The summed E-state index contributed by atoms with van der Waals surface area (Å²) in [6, 6.07) is 4.30. The smallest absolute Gasteiger partial charge is 0.296 e. The van der Waals surface area contributed by atoms with Crippen molar-refractivity contribution in [3.8, 4) is 0 Å². The highest BCUT2D eigenvalue weighted by atomic mass is 35.5. The molecular weight excluding hydrogens is 696 g/mol. The van der Waals surface area contributed by atoms with Gasteiger partial charge in [0.25, 0.3) is 5.89 Å². The topological polar surface area (TPSA) is 173 Å². The van der Waals surface area contributed by atoms with E-state index in [1.54, 1.807) is 12.1 Å². The lowest BCUT2D eigenvalue weighted by Gasteiger charge is -2.31. The second-order valence-corrected chi connectivity index (χ2v) is 17.1. The highest BCUT2D eigenvalue weighted by Crippen LogP contribution is 2.38. The fourth-order valence-corrected chi connectivity index (χ4v) is 8.58. The van der Waals surface area contributed by atoms with Crippen LogP contribution in [0.2, 0.25) is 5.02 Å². The molecule has 51 heavy (non-hydrogen) atoms. The highest BCUT2D eigenvalue weighted by Gasteiger charge is 2.44. The van der Waals surface area contributed by atoms with E-state index in [4.69, 9.17) is 20.9 Å². The van der Waals surface area contributed by atoms with E-state index in [0.29, 0.717) is 36.0 Å². The van der Waals surface area contributed by atoms with Gasteiger partial charge in [-0.3, -0.25) is 14.4 Å². The first-order valence-corrected chi connectivity index (χ1v) is 20.8. The predicted molar refractivity (Wildman–Crippen MR) is 190 cm³/mol. The molecular formula is C36H51ClN6O7S. The number of piperidine rings is 1. The number of likely N-dealkylation sites (tertiary alicyclic amines) is 1. The molecule has 3 N–H and O–H groups in total. The Bertz CT molecular complexity index is 1610. The van der Waals surface area contributed by atoms with Gasteiger partial charge in [0.2, 0.25) is 27.6 Å². The van der Waals surface area contributed by atoms with Gasteiger partial charge in [0, 0.05) is 23.9 Å². The highest BCUT2D eigenvalue weighted by molar-refractivity contribution is 7.88. The number of hydrogen-bond acceptors (Lipinski definition) is 10. The Morgan fingerprint density at radius 2 is 1.75 bits per heavy atom. The number of nitrogens with zero attached hydrogens (tertiary/aromatic N) is 3. The molecule has 2 aliphatic heterocycles. The van der Waals surface area contributed by atoms with Crippen molar-refractivity contribution in [2.45, 2.75) is 120 Å². The van der Waals surface area contributed by atoms with Crippen LogP contribution in [0.5, 0.6) is 0 Å². The van der Waals surface area contributed by atoms with Gasteiger partial charge in [-0.25, -0.2) is 13.1 Å². The van der Waals surface area contributed by atoms with Crippen molar-refractivity contribution >= 4 is 39.2 Å². The van der Waals surface area contributed by atoms with Crippen LogP contribution in [0.4, 0.5) is 0 Å². The van der Waals surface area contributed by atoms with E-state index in [9.17, 15) is 22.8 Å². The van der Waals surface area contributed by atoms with Crippen LogP contribution >= 0.6 is 11.6 Å². The van der Waals surface area contributed by atoms with Gasteiger partial charge >= 0.3 is 0 Å². The first kappa shape index (κ1) is 37.8. The minimum absolute atomic E-state index is 0.0927. The molecule has 15 heteroatoms. The summed E-state index contributed by atoms with van der Waals surface area (Å²) in [6.07, 6.45) is 11.1. The molecule has 3 heterocycles. The fourth-order valence-electron chi connectivity index (χ4n) is 7.72. The Morgan fingerprint density at radius 1 is 1.02 bits per heavy atom. The van der Waals surface area contributed by atoms with Gasteiger partial charge in [0.15, 0.2) is 5.82 Å². The van der Waals surface area contributed by atoms with Gasteiger partial charge < -0.3 is 24.8 Å². The third-order valence-corrected chi connectivity index (χ3v) is 11.7. The molecule has 13 nitrogen and oxygen atoms in total. The van der Waals surface area contributed by atoms with Gasteiger partial charge in [0.05, 0.1) is 25.0 Å². The maximum absolute atomic E-state index is 14.3. The largest absolute Gasteiger partial charge is 0.372 e. The molecule has 4 atom stereocenters. The van der Waals surface area contributed by atoms with E-state index in [1.807, 2.05) is 12.1 Å². The van der Waals surface area contributed by atoms with Crippen LogP contribution < -0.4 is 15.4 Å². The zero-order chi connectivity index (χ0) is 36.0. The van der Waals surface area contributed by atoms with E-state index >= 15 is 0 Å². The summed E-state index contributed by atoms with van der Waals surface area (Å²) in [6.45, 7) is 2.10. The molecule has 4 fully saturated rings. The summed E-state index contributed by atoms with van der Waals surface area (Å²) in [7, 11) is -3.75. The molecule has 2 aromatic rings. The maximum atomic E-state index is 14.3. The quantitative estimate of drug-likeness (QED) is 0.212. The average Bonchev–Trinajstić information content (AvgIpc) is 3.69. The number of carbonyl (C=O) groups excluding carboxylic acids is 3. The molecule has 6 rings (SSSR count). The second kappa shape index (κ2) is 17.3. The molecule has 0 unspecified atom stereocenters. The van der Waals surface area contributed by atoms with Crippen molar-refractivity contribution in [3.05, 3.63) is 46.6 Å². The number of benzene rings is 1. The van der Waals surface area contributed by atoms with E-state index in [2.05, 4.69) is 25.5 Å². The zero-order valence-corrected chi connectivity index (χ0v) is 30.9. The molecule has 2 saturated carbocycles. The number of carbonyl (C=O) groups is 3. The van der Waals surface area contributed by atoms with Crippen LogP contribution in [-0.4, -0.2) is 91.2 Å². The van der Waals surface area contributed by atoms with Crippen molar-refractivity contribution in [1.29, 1.82) is 0 Å². The molecule has 1 aromatic carbocycles. The van der Waals surface area contributed by atoms with Gasteiger partial charge in [-0.2, -0.15) is 4.98 Å². The lowest BCUT2D eigenvalue weighted by atomic mass is 9.84. The van der Waals surface area contributed by atoms with Gasteiger partial charge in [-0.15, -0.1) is 0 Å². The minimum atomic E-state index is -3.75. The summed E-state index contributed by atoms with van der Waals surface area (Å²) < 4.78 is 39.2.